The van der Waals surface area contributed by atoms with Gasteiger partial charge in [-0.1, -0.05) is 25.1 Å². The van der Waals surface area contributed by atoms with E-state index in [9.17, 15) is 22.8 Å². The van der Waals surface area contributed by atoms with E-state index in [2.05, 4.69) is 10.3 Å². The van der Waals surface area contributed by atoms with Crippen molar-refractivity contribution >= 4 is 44.9 Å². The number of hydrogen-bond acceptors (Lipinski definition) is 5. The van der Waals surface area contributed by atoms with E-state index in [0.717, 1.165) is 36.7 Å². The minimum Gasteiger partial charge on any atom is -0.325 e. The van der Waals surface area contributed by atoms with E-state index >= 15 is 0 Å². The molecule has 2 aromatic heterocycles. The second-order valence-corrected chi connectivity index (χ2v) is 8.11. The number of thioether (sulfide) groups is 1. The van der Waals surface area contributed by atoms with Gasteiger partial charge in [0, 0.05) is 12.2 Å². The van der Waals surface area contributed by atoms with Crippen LogP contribution in [0.15, 0.2) is 45.7 Å². The molecule has 3 aromatic rings. The third-order valence-electron chi connectivity index (χ3n) is 4.09. The highest BCUT2D eigenvalue weighted by atomic mass is 32.2. The lowest BCUT2D eigenvalue weighted by Crippen LogP contribution is -2.23. The first-order valence-corrected chi connectivity index (χ1v) is 10.7. The van der Waals surface area contributed by atoms with Gasteiger partial charge in [0.25, 0.3) is 5.56 Å². The van der Waals surface area contributed by atoms with Crippen LogP contribution in [-0.2, 0) is 17.5 Å². The largest absolute Gasteiger partial charge is 0.416 e. The van der Waals surface area contributed by atoms with E-state index in [4.69, 9.17) is 0 Å². The number of carbonyl (C=O) groups excluding carboxylic acids is 1. The van der Waals surface area contributed by atoms with Crippen LogP contribution in [0.4, 0.5) is 18.9 Å². The molecule has 0 saturated heterocycles. The van der Waals surface area contributed by atoms with E-state index in [1.54, 1.807) is 16.0 Å². The molecule has 0 aliphatic heterocycles. The number of hydrogen-bond donors (Lipinski definition) is 1. The molecule has 0 bridgehead atoms. The zero-order valence-corrected chi connectivity index (χ0v) is 17.1. The number of anilines is 1. The minimum absolute atomic E-state index is 0.0186. The number of amides is 1. The highest BCUT2D eigenvalue weighted by molar-refractivity contribution is 7.99. The number of nitrogens with zero attached hydrogens (tertiary/aromatic N) is 2. The van der Waals surface area contributed by atoms with E-state index in [-0.39, 0.29) is 17.0 Å². The molecule has 0 saturated carbocycles. The predicted molar refractivity (Wildman–Crippen MR) is 110 cm³/mol. The molecule has 154 valence electrons. The van der Waals surface area contributed by atoms with Crippen molar-refractivity contribution in [1.82, 2.24) is 9.55 Å². The normalized spacial score (nSPS) is 11.7. The monoisotopic (exact) mass is 441 g/mol. The summed E-state index contributed by atoms with van der Waals surface area (Å²) in [6, 6.07) is 6.00. The van der Waals surface area contributed by atoms with Crippen molar-refractivity contribution in [1.29, 1.82) is 0 Å². The Bertz CT molecular complexity index is 1060. The summed E-state index contributed by atoms with van der Waals surface area (Å²) in [5, 5.41) is 4.82. The summed E-state index contributed by atoms with van der Waals surface area (Å²) in [4.78, 5) is 29.4. The Hall–Kier alpha value is -2.33. The maximum atomic E-state index is 12.7. The van der Waals surface area contributed by atoms with Crippen molar-refractivity contribution in [2.24, 2.45) is 0 Å². The summed E-state index contributed by atoms with van der Waals surface area (Å²) in [5.74, 6) is -0.411. The summed E-state index contributed by atoms with van der Waals surface area (Å²) in [6.45, 7) is 2.53. The van der Waals surface area contributed by atoms with Gasteiger partial charge in [0.2, 0.25) is 5.91 Å². The smallest absolute Gasteiger partial charge is 0.325 e. The molecular weight excluding hydrogens is 423 g/mol. The molecule has 2 heterocycles. The highest BCUT2D eigenvalue weighted by Crippen LogP contribution is 2.30. The van der Waals surface area contributed by atoms with Crippen molar-refractivity contribution < 1.29 is 18.0 Å². The lowest BCUT2D eigenvalue weighted by molar-refractivity contribution is -0.137. The minimum atomic E-state index is -4.42. The lowest BCUT2D eigenvalue weighted by atomic mass is 10.2. The Morgan fingerprint density at radius 2 is 1.97 bits per heavy atom. The summed E-state index contributed by atoms with van der Waals surface area (Å²) in [5.41, 5.74) is -0.0335. The van der Waals surface area contributed by atoms with E-state index < -0.39 is 17.6 Å². The van der Waals surface area contributed by atoms with Crippen LogP contribution < -0.4 is 10.9 Å². The van der Waals surface area contributed by atoms with Crippen LogP contribution in [0.5, 0.6) is 0 Å². The fourth-order valence-corrected chi connectivity index (χ4v) is 4.22. The SMILES string of the molecule is CCCCn1c(SCC(=O)Nc2ccc(C(F)(F)F)cc2)nc2ccsc2c1=O. The van der Waals surface area contributed by atoms with Crippen LogP contribution >= 0.6 is 23.1 Å². The maximum Gasteiger partial charge on any atom is 0.416 e. The number of unbranched alkanes of at least 4 members (excludes halogenated alkanes) is 1. The summed E-state index contributed by atoms with van der Waals surface area (Å²) in [6.07, 6.45) is -2.70. The van der Waals surface area contributed by atoms with E-state index in [0.29, 0.717) is 21.9 Å². The van der Waals surface area contributed by atoms with Gasteiger partial charge in [-0.3, -0.25) is 14.2 Å². The Balaban J connectivity index is 1.71. The number of aromatic nitrogens is 2. The Kier molecular flexibility index (Phi) is 6.63. The number of benzene rings is 1. The Morgan fingerprint density at radius 3 is 2.62 bits per heavy atom. The molecule has 1 aromatic carbocycles. The van der Waals surface area contributed by atoms with Crippen LogP contribution in [0.25, 0.3) is 10.2 Å². The first-order valence-electron chi connectivity index (χ1n) is 8.87. The van der Waals surface area contributed by atoms with Gasteiger partial charge in [0.15, 0.2) is 5.16 Å². The number of alkyl halides is 3. The first kappa shape index (κ1) is 21.4. The highest BCUT2D eigenvalue weighted by Gasteiger charge is 2.30. The van der Waals surface area contributed by atoms with Gasteiger partial charge in [0.05, 0.1) is 16.8 Å². The molecule has 0 fully saturated rings. The van der Waals surface area contributed by atoms with Crippen LogP contribution in [-0.4, -0.2) is 21.2 Å². The molecule has 0 atom stereocenters. The third-order valence-corrected chi connectivity index (χ3v) is 5.96. The van der Waals surface area contributed by atoms with Gasteiger partial charge in [-0.25, -0.2) is 4.98 Å². The average molecular weight is 442 g/mol. The quantitative estimate of drug-likeness (QED) is 0.414. The molecular formula is C19H18F3N3O2S2. The van der Waals surface area contributed by atoms with Crippen molar-refractivity contribution in [3.63, 3.8) is 0 Å². The molecule has 5 nitrogen and oxygen atoms in total. The topological polar surface area (TPSA) is 64.0 Å². The summed E-state index contributed by atoms with van der Waals surface area (Å²) in [7, 11) is 0. The van der Waals surface area contributed by atoms with Gasteiger partial charge in [0.1, 0.15) is 4.70 Å². The van der Waals surface area contributed by atoms with Crippen molar-refractivity contribution in [2.75, 3.05) is 11.1 Å². The third kappa shape index (κ3) is 5.18. The van der Waals surface area contributed by atoms with Gasteiger partial charge in [-0.15, -0.1) is 11.3 Å². The molecule has 0 unspecified atom stereocenters. The lowest BCUT2D eigenvalue weighted by Gasteiger charge is -2.12. The van der Waals surface area contributed by atoms with Gasteiger partial charge < -0.3 is 5.32 Å². The van der Waals surface area contributed by atoms with Crippen molar-refractivity contribution in [3.8, 4) is 0 Å². The van der Waals surface area contributed by atoms with Crippen LogP contribution in [0.3, 0.4) is 0 Å². The molecule has 0 aliphatic rings. The van der Waals surface area contributed by atoms with Crippen LogP contribution in [0.2, 0.25) is 0 Å². The molecule has 0 radical (unpaired) electrons. The number of fused-ring (bicyclic) bond motifs is 1. The first-order chi connectivity index (χ1) is 13.8. The Labute approximate surface area is 173 Å². The van der Waals surface area contributed by atoms with E-state index in [1.165, 1.54) is 23.5 Å². The molecule has 0 spiro atoms. The van der Waals surface area contributed by atoms with Crippen molar-refractivity contribution in [3.05, 3.63) is 51.6 Å². The summed E-state index contributed by atoms with van der Waals surface area (Å²) < 4.78 is 40.0. The van der Waals surface area contributed by atoms with Crippen LogP contribution in [0.1, 0.15) is 25.3 Å². The number of nitrogens with one attached hydrogen (secondary N) is 1. The van der Waals surface area contributed by atoms with Gasteiger partial charge >= 0.3 is 6.18 Å². The molecule has 1 N–H and O–H groups in total. The second-order valence-electron chi connectivity index (χ2n) is 6.25. The predicted octanol–water partition coefficient (Wildman–Crippen LogP) is 5.01. The molecule has 0 aliphatic carbocycles. The maximum absolute atomic E-state index is 12.7. The zero-order valence-electron chi connectivity index (χ0n) is 15.5. The number of carbonyl (C=O) groups is 1. The van der Waals surface area contributed by atoms with Crippen LogP contribution in [0, 0.1) is 0 Å². The van der Waals surface area contributed by atoms with Gasteiger partial charge in [-0.05, 0) is 42.1 Å². The molecule has 10 heteroatoms. The van der Waals surface area contributed by atoms with Gasteiger partial charge in [-0.2, -0.15) is 13.2 Å². The Morgan fingerprint density at radius 1 is 1.24 bits per heavy atom. The molecule has 3 rings (SSSR count). The molecule has 1 amide bonds. The standard InChI is InChI=1S/C19H18F3N3O2S2/c1-2-3-9-25-17(27)16-14(8-10-28-16)24-18(25)29-11-15(26)23-13-6-4-12(5-7-13)19(20,21)22/h4-8,10H,2-3,9,11H2,1H3,(H,23,26). The number of rotatable bonds is 7. The molecule has 29 heavy (non-hydrogen) atoms. The fourth-order valence-electron chi connectivity index (χ4n) is 2.62. The zero-order chi connectivity index (χ0) is 21.0. The average Bonchev–Trinajstić information content (AvgIpc) is 3.14. The second kappa shape index (κ2) is 9.00. The number of halogens is 3. The summed E-state index contributed by atoms with van der Waals surface area (Å²) >= 11 is 2.46. The van der Waals surface area contributed by atoms with E-state index in [1.807, 2.05) is 6.92 Å². The van der Waals surface area contributed by atoms with Crippen molar-refractivity contribution in [2.45, 2.75) is 37.6 Å². The fraction of sp³-hybridized carbons (Fsp3) is 0.316. The number of thiophene rings is 1.